The average molecular weight is 369 g/mol. The lowest BCUT2D eigenvalue weighted by Crippen LogP contribution is -2.45. The van der Waals surface area contributed by atoms with Gasteiger partial charge in [-0.15, -0.1) is 0 Å². The highest BCUT2D eigenvalue weighted by molar-refractivity contribution is 5.89. The zero-order chi connectivity index (χ0) is 19.1. The molecular formula is C21H27N3O3. The molecule has 0 unspecified atom stereocenters. The molecule has 144 valence electrons. The molecule has 6 nitrogen and oxygen atoms in total. The van der Waals surface area contributed by atoms with Gasteiger partial charge in [0.15, 0.2) is 11.5 Å². The number of carbonyl (C=O) groups is 1. The number of hydrogen-bond donors (Lipinski definition) is 2. The first-order valence-electron chi connectivity index (χ1n) is 9.23. The van der Waals surface area contributed by atoms with Crippen LogP contribution in [0.15, 0.2) is 48.5 Å². The van der Waals surface area contributed by atoms with Crippen LogP contribution in [0.2, 0.25) is 0 Å². The van der Waals surface area contributed by atoms with Gasteiger partial charge in [-0.05, 0) is 30.5 Å². The van der Waals surface area contributed by atoms with Gasteiger partial charge in [-0.1, -0.05) is 30.3 Å². The minimum Gasteiger partial charge on any atom is -0.493 e. The quantitative estimate of drug-likeness (QED) is 0.818. The summed E-state index contributed by atoms with van der Waals surface area (Å²) in [5, 5.41) is 5.94. The van der Waals surface area contributed by atoms with Gasteiger partial charge in [0.1, 0.15) is 0 Å². The molecule has 0 radical (unpaired) electrons. The van der Waals surface area contributed by atoms with Crippen molar-refractivity contribution in [1.82, 2.24) is 10.2 Å². The lowest BCUT2D eigenvalue weighted by Gasteiger charge is -2.32. The number of nitrogens with zero attached hydrogens (tertiary/aromatic N) is 1. The normalized spacial score (nSPS) is 15.2. The predicted octanol–water partition coefficient (Wildman–Crippen LogP) is 3.49. The molecule has 2 aromatic carbocycles. The molecule has 0 spiro atoms. The van der Waals surface area contributed by atoms with Gasteiger partial charge in [0.05, 0.1) is 14.2 Å². The van der Waals surface area contributed by atoms with E-state index in [0.717, 1.165) is 32.5 Å². The van der Waals surface area contributed by atoms with Crippen molar-refractivity contribution in [1.29, 1.82) is 0 Å². The van der Waals surface area contributed by atoms with Crippen LogP contribution < -0.4 is 20.1 Å². The Hall–Kier alpha value is -2.73. The number of urea groups is 1. The number of ether oxygens (including phenoxy) is 2. The van der Waals surface area contributed by atoms with Crippen LogP contribution in [0.4, 0.5) is 10.5 Å². The monoisotopic (exact) mass is 369 g/mol. The second-order valence-corrected chi connectivity index (χ2v) is 6.70. The van der Waals surface area contributed by atoms with Crippen LogP contribution in [0.25, 0.3) is 0 Å². The van der Waals surface area contributed by atoms with Gasteiger partial charge in [0.25, 0.3) is 0 Å². The second kappa shape index (κ2) is 9.28. The largest absolute Gasteiger partial charge is 0.493 e. The number of amides is 2. The lowest BCUT2D eigenvalue weighted by molar-refractivity contribution is 0.190. The summed E-state index contributed by atoms with van der Waals surface area (Å²) in [7, 11) is 3.16. The Bertz CT molecular complexity index is 744. The number of rotatable bonds is 6. The van der Waals surface area contributed by atoms with Crippen LogP contribution in [0.3, 0.4) is 0 Å². The third-order valence-corrected chi connectivity index (χ3v) is 4.81. The molecule has 2 N–H and O–H groups in total. The standard InChI is InChI=1S/C21H27N3O3/c1-26-19-9-8-18(14-20(19)27-2)23-21(25)22-17-10-12-24(13-11-17)15-16-6-4-3-5-7-16/h3-9,14,17H,10-13,15H2,1-2H3,(H2,22,23,25). The number of benzene rings is 2. The average Bonchev–Trinajstić information content (AvgIpc) is 2.70. The van der Waals surface area contributed by atoms with Crippen molar-refractivity contribution < 1.29 is 14.3 Å². The Morgan fingerprint density at radius 3 is 2.41 bits per heavy atom. The van der Waals surface area contributed by atoms with Crippen LogP contribution in [0.1, 0.15) is 18.4 Å². The van der Waals surface area contributed by atoms with Crippen molar-refractivity contribution in [3.8, 4) is 11.5 Å². The predicted molar refractivity (Wildman–Crippen MR) is 106 cm³/mol. The number of likely N-dealkylation sites (tertiary alicyclic amines) is 1. The van der Waals surface area contributed by atoms with E-state index in [1.807, 2.05) is 6.07 Å². The second-order valence-electron chi connectivity index (χ2n) is 6.70. The topological polar surface area (TPSA) is 62.8 Å². The van der Waals surface area contributed by atoms with Crippen molar-refractivity contribution in [2.75, 3.05) is 32.6 Å². The number of anilines is 1. The van der Waals surface area contributed by atoms with E-state index >= 15 is 0 Å². The first kappa shape index (κ1) is 19.0. The van der Waals surface area contributed by atoms with E-state index in [1.54, 1.807) is 32.4 Å². The highest BCUT2D eigenvalue weighted by Crippen LogP contribution is 2.29. The van der Waals surface area contributed by atoms with Gasteiger partial charge in [-0.3, -0.25) is 4.90 Å². The molecule has 0 aliphatic carbocycles. The number of carbonyl (C=O) groups excluding carboxylic acids is 1. The maximum Gasteiger partial charge on any atom is 0.319 e. The molecule has 0 bridgehead atoms. The summed E-state index contributed by atoms with van der Waals surface area (Å²) in [6, 6.07) is 15.8. The Balaban J connectivity index is 1.45. The molecule has 0 atom stereocenters. The fraction of sp³-hybridized carbons (Fsp3) is 0.381. The van der Waals surface area contributed by atoms with Gasteiger partial charge in [-0.25, -0.2) is 4.79 Å². The molecule has 2 aromatic rings. The molecule has 2 amide bonds. The fourth-order valence-corrected chi connectivity index (χ4v) is 3.34. The van der Waals surface area contributed by atoms with E-state index in [4.69, 9.17) is 9.47 Å². The molecule has 1 saturated heterocycles. The number of nitrogens with one attached hydrogen (secondary N) is 2. The van der Waals surface area contributed by atoms with E-state index in [0.29, 0.717) is 17.2 Å². The molecule has 0 aromatic heterocycles. The first-order chi connectivity index (χ1) is 13.2. The molecule has 3 rings (SSSR count). The highest BCUT2D eigenvalue weighted by atomic mass is 16.5. The Labute approximate surface area is 160 Å². The first-order valence-corrected chi connectivity index (χ1v) is 9.23. The maximum atomic E-state index is 12.3. The number of hydrogen-bond acceptors (Lipinski definition) is 4. The van der Waals surface area contributed by atoms with Crippen LogP contribution in [0.5, 0.6) is 11.5 Å². The summed E-state index contributed by atoms with van der Waals surface area (Å²) < 4.78 is 10.5. The molecule has 27 heavy (non-hydrogen) atoms. The van der Waals surface area contributed by atoms with Crippen LogP contribution in [-0.4, -0.2) is 44.3 Å². The Morgan fingerprint density at radius 2 is 1.74 bits per heavy atom. The summed E-state index contributed by atoms with van der Waals surface area (Å²) in [5.41, 5.74) is 2.00. The van der Waals surface area contributed by atoms with Gasteiger partial charge in [0.2, 0.25) is 0 Å². The highest BCUT2D eigenvalue weighted by Gasteiger charge is 2.20. The zero-order valence-electron chi connectivity index (χ0n) is 15.9. The summed E-state index contributed by atoms with van der Waals surface area (Å²) in [4.78, 5) is 14.7. The zero-order valence-corrected chi connectivity index (χ0v) is 15.9. The van der Waals surface area contributed by atoms with Gasteiger partial charge in [-0.2, -0.15) is 0 Å². The smallest absolute Gasteiger partial charge is 0.319 e. The third-order valence-electron chi connectivity index (χ3n) is 4.81. The van der Waals surface area contributed by atoms with E-state index in [-0.39, 0.29) is 12.1 Å². The van der Waals surface area contributed by atoms with Gasteiger partial charge >= 0.3 is 6.03 Å². The van der Waals surface area contributed by atoms with Gasteiger partial charge < -0.3 is 20.1 Å². The van der Waals surface area contributed by atoms with E-state index in [2.05, 4.69) is 39.8 Å². The number of piperidine rings is 1. The van der Waals surface area contributed by atoms with Crippen molar-refractivity contribution in [3.63, 3.8) is 0 Å². The summed E-state index contributed by atoms with van der Waals surface area (Å²) >= 11 is 0. The van der Waals surface area contributed by atoms with Crippen molar-refractivity contribution in [3.05, 3.63) is 54.1 Å². The minimum absolute atomic E-state index is 0.191. The summed E-state index contributed by atoms with van der Waals surface area (Å²) in [5.74, 6) is 1.22. The van der Waals surface area contributed by atoms with E-state index in [9.17, 15) is 4.79 Å². The summed E-state index contributed by atoms with van der Waals surface area (Å²) in [6.45, 7) is 2.93. The van der Waals surface area contributed by atoms with E-state index in [1.165, 1.54) is 5.56 Å². The Kier molecular flexibility index (Phi) is 6.54. The van der Waals surface area contributed by atoms with Crippen molar-refractivity contribution >= 4 is 11.7 Å². The minimum atomic E-state index is -0.191. The van der Waals surface area contributed by atoms with Crippen molar-refractivity contribution in [2.24, 2.45) is 0 Å². The molecular weight excluding hydrogens is 342 g/mol. The summed E-state index contributed by atoms with van der Waals surface area (Å²) in [6.07, 6.45) is 1.90. The number of methoxy groups -OCH3 is 2. The lowest BCUT2D eigenvalue weighted by atomic mass is 10.0. The van der Waals surface area contributed by atoms with Crippen molar-refractivity contribution in [2.45, 2.75) is 25.4 Å². The van der Waals surface area contributed by atoms with Crippen LogP contribution >= 0.6 is 0 Å². The third kappa shape index (κ3) is 5.37. The fourth-order valence-electron chi connectivity index (χ4n) is 3.34. The Morgan fingerprint density at radius 1 is 1.04 bits per heavy atom. The van der Waals surface area contributed by atoms with Crippen LogP contribution in [0, 0.1) is 0 Å². The molecule has 0 saturated carbocycles. The molecule has 1 fully saturated rings. The molecule has 1 aliphatic heterocycles. The maximum absolute atomic E-state index is 12.3. The molecule has 1 aliphatic rings. The SMILES string of the molecule is COc1ccc(NC(=O)NC2CCN(Cc3ccccc3)CC2)cc1OC. The van der Waals surface area contributed by atoms with Gasteiger partial charge in [0, 0.05) is 37.4 Å². The van der Waals surface area contributed by atoms with Crippen LogP contribution in [-0.2, 0) is 6.54 Å². The van der Waals surface area contributed by atoms with E-state index < -0.39 is 0 Å². The molecule has 6 heteroatoms. The molecule has 1 heterocycles.